The van der Waals surface area contributed by atoms with E-state index in [0.29, 0.717) is 16.5 Å². The molecule has 0 fully saturated rings. The molecule has 2 aromatic heterocycles. The normalized spacial score (nSPS) is 10.6. The third-order valence-electron chi connectivity index (χ3n) is 4.30. The number of rotatable bonds is 5. The van der Waals surface area contributed by atoms with Gasteiger partial charge in [-0.1, -0.05) is 42.0 Å². The van der Waals surface area contributed by atoms with Crippen molar-refractivity contribution in [2.75, 3.05) is 12.4 Å². The maximum absolute atomic E-state index is 12.5. The van der Waals surface area contributed by atoms with Gasteiger partial charge in [-0.25, -0.2) is 15.0 Å². The van der Waals surface area contributed by atoms with E-state index in [1.165, 1.54) is 23.7 Å². The Bertz CT molecular complexity index is 1140. The quantitative estimate of drug-likeness (QED) is 0.517. The van der Waals surface area contributed by atoms with E-state index in [2.05, 4.69) is 20.3 Å². The number of ether oxygens (including phenoxy) is 1. The third kappa shape index (κ3) is 4.14. The number of thiazole rings is 1. The average Bonchev–Trinajstić information content (AvgIpc) is 3.23. The lowest BCUT2D eigenvalue weighted by molar-refractivity contribution is 0.102. The van der Waals surface area contributed by atoms with E-state index in [0.717, 1.165) is 28.1 Å². The van der Waals surface area contributed by atoms with Gasteiger partial charge in [0, 0.05) is 28.9 Å². The summed E-state index contributed by atoms with van der Waals surface area (Å²) in [6.07, 6.45) is 3.03. The van der Waals surface area contributed by atoms with Crippen molar-refractivity contribution in [1.82, 2.24) is 15.0 Å². The van der Waals surface area contributed by atoms with Gasteiger partial charge in [0.1, 0.15) is 5.75 Å². The summed E-state index contributed by atoms with van der Waals surface area (Å²) in [6.45, 7) is 2.01. The Morgan fingerprint density at radius 1 is 1.07 bits per heavy atom. The van der Waals surface area contributed by atoms with Gasteiger partial charge in [0.05, 0.1) is 18.4 Å². The summed E-state index contributed by atoms with van der Waals surface area (Å²) < 4.78 is 5.42. The Labute approximate surface area is 172 Å². The monoisotopic (exact) mass is 402 g/mol. The van der Waals surface area contributed by atoms with E-state index in [1.807, 2.05) is 60.8 Å². The lowest BCUT2D eigenvalue weighted by atomic mass is 10.1. The molecule has 0 unspecified atom stereocenters. The molecule has 0 radical (unpaired) electrons. The summed E-state index contributed by atoms with van der Waals surface area (Å²) in [6, 6.07) is 15.5. The fourth-order valence-corrected chi connectivity index (χ4v) is 3.53. The molecule has 0 aliphatic rings. The number of hydrogen-bond acceptors (Lipinski definition) is 6. The minimum atomic E-state index is -0.304. The highest BCUT2D eigenvalue weighted by Gasteiger charge is 2.14. The molecule has 0 spiro atoms. The second-order valence-corrected chi connectivity index (χ2v) is 7.22. The molecule has 0 atom stereocenters. The minimum Gasteiger partial charge on any atom is -0.496 e. The van der Waals surface area contributed by atoms with Crippen LogP contribution in [0.4, 0.5) is 5.13 Å². The van der Waals surface area contributed by atoms with Crippen LogP contribution >= 0.6 is 11.3 Å². The number of aromatic nitrogens is 3. The zero-order chi connectivity index (χ0) is 20.2. The van der Waals surface area contributed by atoms with Crippen LogP contribution in [0.2, 0.25) is 0 Å². The summed E-state index contributed by atoms with van der Waals surface area (Å²) in [5, 5.41) is 5.20. The van der Waals surface area contributed by atoms with Gasteiger partial charge in [0.15, 0.2) is 11.0 Å². The number of methoxy groups -OCH3 is 1. The van der Waals surface area contributed by atoms with Gasteiger partial charge >= 0.3 is 0 Å². The van der Waals surface area contributed by atoms with Crippen molar-refractivity contribution in [3.05, 3.63) is 77.4 Å². The van der Waals surface area contributed by atoms with Crippen molar-refractivity contribution in [3.8, 4) is 28.4 Å². The molecular formula is C22H18N4O2S. The number of nitrogens with zero attached hydrogens (tertiary/aromatic N) is 3. The largest absolute Gasteiger partial charge is 0.496 e. The summed E-state index contributed by atoms with van der Waals surface area (Å²) in [7, 11) is 1.63. The molecule has 2 heterocycles. The molecule has 7 heteroatoms. The second-order valence-electron chi connectivity index (χ2n) is 6.36. The second kappa shape index (κ2) is 8.20. The van der Waals surface area contributed by atoms with Crippen LogP contribution in [0.5, 0.6) is 5.75 Å². The van der Waals surface area contributed by atoms with Crippen LogP contribution in [0.1, 0.15) is 15.9 Å². The number of hydrogen-bond donors (Lipinski definition) is 1. The zero-order valence-electron chi connectivity index (χ0n) is 15.9. The van der Waals surface area contributed by atoms with Crippen LogP contribution < -0.4 is 10.1 Å². The fourth-order valence-electron chi connectivity index (χ4n) is 2.83. The number of anilines is 1. The molecule has 0 aliphatic carbocycles. The maximum atomic E-state index is 12.5. The van der Waals surface area contributed by atoms with E-state index < -0.39 is 0 Å². The first-order chi connectivity index (χ1) is 14.1. The van der Waals surface area contributed by atoms with Crippen LogP contribution in [-0.4, -0.2) is 28.0 Å². The lowest BCUT2D eigenvalue weighted by Crippen LogP contribution is -2.12. The number of carbonyl (C=O) groups is 1. The number of benzene rings is 2. The predicted molar refractivity (Wildman–Crippen MR) is 114 cm³/mol. The fraction of sp³-hybridized carbons (Fsp3) is 0.0909. The smallest absolute Gasteiger partial charge is 0.260 e. The molecule has 4 aromatic rings. The Hall–Kier alpha value is -3.58. The first-order valence-corrected chi connectivity index (χ1v) is 9.81. The van der Waals surface area contributed by atoms with Crippen molar-refractivity contribution in [2.45, 2.75) is 6.92 Å². The van der Waals surface area contributed by atoms with Gasteiger partial charge in [-0.05, 0) is 19.1 Å². The molecular weight excluding hydrogens is 384 g/mol. The number of nitrogens with one attached hydrogen (secondary N) is 1. The topological polar surface area (TPSA) is 77.0 Å². The van der Waals surface area contributed by atoms with Gasteiger partial charge in [-0.15, -0.1) is 11.3 Å². The highest BCUT2D eigenvalue weighted by molar-refractivity contribution is 7.14. The Kier molecular flexibility index (Phi) is 5.31. The number of carbonyl (C=O) groups excluding carboxylic acids is 1. The van der Waals surface area contributed by atoms with Crippen LogP contribution in [-0.2, 0) is 0 Å². The van der Waals surface area contributed by atoms with Crippen LogP contribution in [0.3, 0.4) is 0 Å². The molecule has 6 nitrogen and oxygen atoms in total. The first-order valence-electron chi connectivity index (χ1n) is 8.93. The lowest BCUT2D eigenvalue weighted by Gasteiger charge is -2.07. The molecule has 4 rings (SSSR count). The van der Waals surface area contributed by atoms with E-state index >= 15 is 0 Å². The molecule has 29 heavy (non-hydrogen) atoms. The molecule has 1 amide bonds. The maximum Gasteiger partial charge on any atom is 0.260 e. The Morgan fingerprint density at radius 2 is 1.83 bits per heavy atom. The number of aryl methyl sites for hydroxylation is 1. The van der Waals surface area contributed by atoms with Crippen LogP contribution in [0.15, 0.2) is 66.3 Å². The molecule has 0 saturated heterocycles. The van der Waals surface area contributed by atoms with E-state index in [1.54, 1.807) is 7.11 Å². The van der Waals surface area contributed by atoms with Gasteiger partial charge in [-0.2, -0.15) is 0 Å². The van der Waals surface area contributed by atoms with Crippen molar-refractivity contribution in [1.29, 1.82) is 0 Å². The number of amides is 1. The summed E-state index contributed by atoms with van der Waals surface area (Å²) in [5.41, 5.74) is 4.02. The van der Waals surface area contributed by atoms with Gasteiger partial charge in [0.25, 0.3) is 5.91 Å². The molecule has 2 aromatic carbocycles. The molecule has 0 aliphatic heterocycles. The Balaban J connectivity index is 1.51. The highest BCUT2D eigenvalue weighted by atomic mass is 32.1. The molecule has 0 saturated carbocycles. The summed E-state index contributed by atoms with van der Waals surface area (Å²) in [5.74, 6) is 1.01. The summed E-state index contributed by atoms with van der Waals surface area (Å²) in [4.78, 5) is 25.6. The van der Waals surface area contributed by atoms with Gasteiger partial charge in [-0.3, -0.25) is 10.1 Å². The van der Waals surface area contributed by atoms with E-state index in [-0.39, 0.29) is 5.91 Å². The van der Waals surface area contributed by atoms with E-state index in [4.69, 9.17) is 4.74 Å². The zero-order valence-corrected chi connectivity index (χ0v) is 16.7. The standard InChI is InChI=1S/C22H18N4O2S/c1-14-8-9-19(28-2)17(10-14)18-13-29-22(25-18)26-21(27)16-11-23-20(24-12-16)15-6-4-3-5-7-15/h3-13H,1-2H3,(H,25,26,27). The van der Waals surface area contributed by atoms with Crippen molar-refractivity contribution in [2.24, 2.45) is 0 Å². The SMILES string of the molecule is COc1ccc(C)cc1-c1csc(NC(=O)c2cnc(-c3ccccc3)nc2)n1. The molecule has 144 valence electrons. The van der Waals surface area contributed by atoms with Crippen LogP contribution in [0, 0.1) is 6.92 Å². The van der Waals surface area contributed by atoms with Crippen molar-refractivity contribution >= 4 is 22.4 Å². The molecule has 0 bridgehead atoms. The molecule has 1 N–H and O–H groups in total. The predicted octanol–water partition coefficient (Wildman–Crippen LogP) is 4.84. The van der Waals surface area contributed by atoms with Crippen molar-refractivity contribution < 1.29 is 9.53 Å². The average molecular weight is 402 g/mol. The van der Waals surface area contributed by atoms with E-state index in [9.17, 15) is 4.79 Å². The minimum absolute atomic E-state index is 0.304. The summed E-state index contributed by atoms with van der Waals surface area (Å²) >= 11 is 1.35. The van der Waals surface area contributed by atoms with Crippen molar-refractivity contribution in [3.63, 3.8) is 0 Å². The van der Waals surface area contributed by atoms with Crippen LogP contribution in [0.25, 0.3) is 22.6 Å². The van der Waals surface area contributed by atoms with Gasteiger partial charge < -0.3 is 4.74 Å². The third-order valence-corrected chi connectivity index (χ3v) is 5.06. The van der Waals surface area contributed by atoms with Gasteiger partial charge in [0.2, 0.25) is 0 Å². The highest BCUT2D eigenvalue weighted by Crippen LogP contribution is 2.33. The first kappa shape index (κ1) is 18.8. The Morgan fingerprint density at radius 3 is 2.55 bits per heavy atom.